The van der Waals surface area contributed by atoms with Crippen molar-refractivity contribution in [3.8, 4) is 5.75 Å². The molecule has 2 aromatic carbocycles. The predicted octanol–water partition coefficient (Wildman–Crippen LogP) is 4.25. The van der Waals surface area contributed by atoms with E-state index in [9.17, 15) is 19.7 Å². The molecule has 1 aromatic heterocycles. The number of nitrogens with one attached hydrogen (secondary N) is 1. The number of nitro benzene ring substituents is 1. The number of hydrogen-bond donors (Lipinski definition) is 1. The number of benzene rings is 2. The molecular weight excluding hydrogens is 426 g/mol. The summed E-state index contributed by atoms with van der Waals surface area (Å²) in [6.45, 7) is 5.76. The van der Waals surface area contributed by atoms with Crippen molar-refractivity contribution in [3.05, 3.63) is 87.2 Å². The van der Waals surface area contributed by atoms with Gasteiger partial charge in [-0.25, -0.2) is 4.79 Å². The van der Waals surface area contributed by atoms with Gasteiger partial charge in [-0.3, -0.25) is 14.9 Å². The molecule has 0 spiro atoms. The molecule has 1 unspecified atom stereocenters. The van der Waals surface area contributed by atoms with E-state index in [1.54, 1.807) is 6.07 Å². The van der Waals surface area contributed by atoms with Crippen LogP contribution in [0.1, 0.15) is 34.2 Å². The highest BCUT2D eigenvalue weighted by atomic mass is 16.6. The first-order chi connectivity index (χ1) is 15.7. The van der Waals surface area contributed by atoms with Gasteiger partial charge in [0.1, 0.15) is 5.75 Å². The number of carbonyl (C=O) groups excluding carboxylic acids is 2. The maximum absolute atomic E-state index is 12.8. The Labute approximate surface area is 191 Å². The molecule has 0 bridgehead atoms. The molecule has 0 saturated carbocycles. The number of aromatic nitrogens is 1. The summed E-state index contributed by atoms with van der Waals surface area (Å²) in [5.74, 6) is -1.02. The monoisotopic (exact) mass is 451 g/mol. The molecule has 0 saturated heterocycles. The lowest BCUT2D eigenvalue weighted by molar-refractivity contribution is -0.384. The summed E-state index contributed by atoms with van der Waals surface area (Å²) in [5, 5.41) is 13.6. The minimum Gasteiger partial charge on any atom is -0.495 e. The van der Waals surface area contributed by atoms with Crippen molar-refractivity contribution in [1.82, 2.24) is 4.57 Å². The third kappa shape index (κ3) is 5.38. The number of non-ortho nitro benzene ring substituents is 1. The Bertz CT molecular complexity index is 1190. The standard InChI is InChI=1S/C24H25N3O6/c1-15-12-20(16(2)26(15)14-18-8-6-5-7-9-18)24(29)33-17(3)23(28)25-21-13-19(27(30)31)10-11-22(21)32-4/h5-13,17H,14H2,1-4H3,(H,25,28). The van der Waals surface area contributed by atoms with Crippen LogP contribution in [0.5, 0.6) is 5.75 Å². The van der Waals surface area contributed by atoms with Gasteiger partial charge in [0.05, 0.1) is 23.3 Å². The van der Waals surface area contributed by atoms with Crippen molar-refractivity contribution in [2.75, 3.05) is 12.4 Å². The molecule has 172 valence electrons. The number of nitrogens with zero attached hydrogens (tertiary/aromatic N) is 2. The van der Waals surface area contributed by atoms with Crippen LogP contribution in [-0.2, 0) is 16.1 Å². The number of hydrogen-bond acceptors (Lipinski definition) is 6. The van der Waals surface area contributed by atoms with Crippen LogP contribution in [0.2, 0.25) is 0 Å². The lowest BCUT2D eigenvalue weighted by atomic mass is 10.2. The van der Waals surface area contributed by atoms with Gasteiger partial charge in [0.25, 0.3) is 11.6 Å². The van der Waals surface area contributed by atoms with Crippen LogP contribution in [0.25, 0.3) is 0 Å². The quantitative estimate of drug-likeness (QED) is 0.311. The Morgan fingerprint density at radius 2 is 1.82 bits per heavy atom. The summed E-state index contributed by atoms with van der Waals surface area (Å²) < 4.78 is 12.5. The largest absolute Gasteiger partial charge is 0.495 e. The molecule has 9 heteroatoms. The number of carbonyl (C=O) groups is 2. The Kier molecular flexibility index (Phi) is 7.12. The molecule has 0 aliphatic heterocycles. The minimum absolute atomic E-state index is 0.112. The van der Waals surface area contributed by atoms with E-state index in [-0.39, 0.29) is 17.1 Å². The number of rotatable bonds is 8. The molecule has 1 N–H and O–H groups in total. The van der Waals surface area contributed by atoms with E-state index in [1.165, 1.54) is 32.2 Å². The first-order valence-electron chi connectivity index (χ1n) is 10.3. The third-order valence-corrected chi connectivity index (χ3v) is 5.28. The van der Waals surface area contributed by atoms with E-state index in [2.05, 4.69) is 5.32 Å². The topological polar surface area (TPSA) is 113 Å². The van der Waals surface area contributed by atoms with Gasteiger partial charge in [-0.2, -0.15) is 0 Å². The number of ether oxygens (including phenoxy) is 2. The zero-order valence-electron chi connectivity index (χ0n) is 18.8. The number of amides is 1. The highest BCUT2D eigenvalue weighted by molar-refractivity contribution is 5.98. The zero-order valence-corrected chi connectivity index (χ0v) is 18.8. The van der Waals surface area contributed by atoms with E-state index < -0.39 is 22.9 Å². The van der Waals surface area contributed by atoms with Crippen molar-refractivity contribution in [2.24, 2.45) is 0 Å². The van der Waals surface area contributed by atoms with Crippen LogP contribution in [0, 0.1) is 24.0 Å². The van der Waals surface area contributed by atoms with E-state index in [0.29, 0.717) is 12.1 Å². The highest BCUT2D eigenvalue weighted by Gasteiger charge is 2.24. The number of anilines is 1. The SMILES string of the molecule is COc1ccc([N+](=O)[O-])cc1NC(=O)C(C)OC(=O)c1cc(C)n(Cc2ccccc2)c1C. The Morgan fingerprint density at radius 1 is 1.12 bits per heavy atom. The molecule has 0 radical (unpaired) electrons. The van der Waals surface area contributed by atoms with Gasteiger partial charge in [0, 0.05) is 30.1 Å². The highest BCUT2D eigenvalue weighted by Crippen LogP contribution is 2.29. The molecule has 0 aliphatic rings. The molecule has 1 heterocycles. The normalized spacial score (nSPS) is 11.5. The number of methoxy groups -OCH3 is 1. The summed E-state index contributed by atoms with van der Waals surface area (Å²) in [5.41, 5.74) is 2.99. The smallest absolute Gasteiger partial charge is 0.340 e. The van der Waals surface area contributed by atoms with Crippen molar-refractivity contribution < 1.29 is 24.0 Å². The Morgan fingerprint density at radius 3 is 2.45 bits per heavy atom. The molecule has 0 aliphatic carbocycles. The third-order valence-electron chi connectivity index (χ3n) is 5.28. The van der Waals surface area contributed by atoms with Crippen LogP contribution >= 0.6 is 0 Å². The number of aryl methyl sites for hydroxylation is 1. The Balaban J connectivity index is 1.72. The average molecular weight is 451 g/mol. The average Bonchev–Trinajstić information content (AvgIpc) is 3.08. The van der Waals surface area contributed by atoms with Gasteiger partial charge < -0.3 is 19.4 Å². The van der Waals surface area contributed by atoms with E-state index in [1.807, 2.05) is 48.7 Å². The van der Waals surface area contributed by atoms with Gasteiger partial charge >= 0.3 is 5.97 Å². The van der Waals surface area contributed by atoms with Crippen LogP contribution in [0.4, 0.5) is 11.4 Å². The number of esters is 1. The van der Waals surface area contributed by atoms with Crippen molar-refractivity contribution in [1.29, 1.82) is 0 Å². The lowest BCUT2D eigenvalue weighted by Crippen LogP contribution is -2.30. The molecule has 3 aromatic rings. The summed E-state index contributed by atoms with van der Waals surface area (Å²) >= 11 is 0. The summed E-state index contributed by atoms with van der Waals surface area (Å²) in [7, 11) is 1.38. The maximum Gasteiger partial charge on any atom is 0.340 e. The van der Waals surface area contributed by atoms with Crippen molar-refractivity contribution >= 4 is 23.3 Å². The van der Waals surface area contributed by atoms with Gasteiger partial charge in [0.15, 0.2) is 6.10 Å². The van der Waals surface area contributed by atoms with Crippen LogP contribution in [-0.4, -0.2) is 34.6 Å². The van der Waals surface area contributed by atoms with Crippen molar-refractivity contribution in [3.63, 3.8) is 0 Å². The fourth-order valence-corrected chi connectivity index (χ4v) is 3.44. The van der Waals surface area contributed by atoms with Gasteiger partial charge in [-0.15, -0.1) is 0 Å². The van der Waals surface area contributed by atoms with Crippen molar-refractivity contribution in [2.45, 2.75) is 33.4 Å². The molecule has 9 nitrogen and oxygen atoms in total. The first kappa shape index (κ1) is 23.5. The zero-order chi connectivity index (χ0) is 24.1. The lowest BCUT2D eigenvalue weighted by Gasteiger charge is -2.15. The van der Waals surface area contributed by atoms with Gasteiger partial charge in [-0.05, 0) is 38.5 Å². The summed E-state index contributed by atoms with van der Waals surface area (Å²) in [6.07, 6.45) is -1.14. The molecule has 3 rings (SSSR count). The van der Waals surface area contributed by atoms with E-state index >= 15 is 0 Å². The maximum atomic E-state index is 12.8. The molecule has 0 fully saturated rings. The summed E-state index contributed by atoms with van der Waals surface area (Å²) in [6, 6.07) is 15.4. The molecule has 33 heavy (non-hydrogen) atoms. The second-order valence-corrected chi connectivity index (χ2v) is 7.54. The van der Waals surface area contributed by atoms with Gasteiger partial charge in [-0.1, -0.05) is 30.3 Å². The van der Waals surface area contributed by atoms with E-state index in [0.717, 1.165) is 17.0 Å². The van der Waals surface area contributed by atoms with E-state index in [4.69, 9.17) is 9.47 Å². The second kappa shape index (κ2) is 9.99. The van der Waals surface area contributed by atoms with Crippen LogP contribution in [0.3, 0.4) is 0 Å². The predicted molar refractivity (Wildman–Crippen MR) is 123 cm³/mol. The second-order valence-electron chi connectivity index (χ2n) is 7.54. The number of nitro groups is 1. The van der Waals surface area contributed by atoms with Crippen LogP contribution in [0.15, 0.2) is 54.6 Å². The first-order valence-corrected chi connectivity index (χ1v) is 10.3. The minimum atomic E-state index is -1.14. The summed E-state index contributed by atoms with van der Waals surface area (Å²) in [4.78, 5) is 35.8. The fraction of sp³-hybridized carbons (Fsp3) is 0.250. The molecule has 1 atom stereocenters. The molecule has 1 amide bonds. The molecular formula is C24H25N3O6. The Hall–Kier alpha value is -4.14. The van der Waals surface area contributed by atoms with Gasteiger partial charge in [0.2, 0.25) is 0 Å². The van der Waals surface area contributed by atoms with Crippen LogP contribution < -0.4 is 10.1 Å². The fourth-order valence-electron chi connectivity index (χ4n) is 3.44.